The van der Waals surface area contributed by atoms with Crippen LogP contribution in [0.3, 0.4) is 0 Å². The summed E-state index contributed by atoms with van der Waals surface area (Å²) >= 11 is 0. The summed E-state index contributed by atoms with van der Waals surface area (Å²) in [7, 11) is 0. The first-order valence-electron chi connectivity index (χ1n) is 6.04. The number of hydrogen-bond donors (Lipinski definition) is 0. The molecule has 1 atom stereocenters. The molecule has 2 aromatic rings. The molecule has 4 heteroatoms. The van der Waals surface area contributed by atoms with E-state index in [2.05, 4.69) is 4.90 Å². The van der Waals surface area contributed by atoms with Gasteiger partial charge in [0.25, 0.3) is 0 Å². The fraction of sp³-hybridized carbons (Fsp3) is 0.200. The summed E-state index contributed by atoms with van der Waals surface area (Å²) in [4.78, 5) is 2.16. The van der Waals surface area contributed by atoms with E-state index in [9.17, 15) is 13.2 Å². The van der Waals surface area contributed by atoms with Gasteiger partial charge >= 0.3 is 6.18 Å². The smallest absolute Gasteiger partial charge is 0.360 e. The summed E-state index contributed by atoms with van der Waals surface area (Å²) < 4.78 is 37.4. The van der Waals surface area contributed by atoms with E-state index in [-0.39, 0.29) is 6.04 Å². The number of alkyl halides is 3. The zero-order valence-electron chi connectivity index (χ0n) is 10.1. The van der Waals surface area contributed by atoms with E-state index >= 15 is 0 Å². The molecule has 2 aromatic carbocycles. The molecule has 1 unspecified atom stereocenters. The van der Waals surface area contributed by atoms with Crippen LogP contribution in [0.15, 0.2) is 54.6 Å². The normalized spacial score (nSPS) is 18.5. The van der Waals surface area contributed by atoms with Gasteiger partial charge in [0, 0.05) is 12.2 Å². The van der Waals surface area contributed by atoms with Crippen LogP contribution in [0.4, 0.5) is 18.9 Å². The molecule has 0 radical (unpaired) electrons. The Morgan fingerprint density at radius 2 is 1.53 bits per heavy atom. The molecule has 98 valence electrons. The molecule has 0 aliphatic carbocycles. The predicted octanol–water partition coefficient (Wildman–Crippen LogP) is 4.27. The van der Waals surface area contributed by atoms with Gasteiger partial charge in [-0.2, -0.15) is 13.2 Å². The lowest BCUT2D eigenvalue weighted by Crippen LogP contribution is -2.04. The van der Waals surface area contributed by atoms with Gasteiger partial charge in [0.1, 0.15) is 0 Å². The molecule has 0 spiro atoms. The molecule has 1 heterocycles. The van der Waals surface area contributed by atoms with Gasteiger partial charge in [-0.05, 0) is 29.8 Å². The summed E-state index contributed by atoms with van der Waals surface area (Å²) in [5.41, 5.74) is 1.44. The Hall–Kier alpha value is -1.97. The molecule has 3 rings (SSSR count). The zero-order chi connectivity index (χ0) is 13.5. The van der Waals surface area contributed by atoms with Crippen molar-refractivity contribution in [1.82, 2.24) is 0 Å². The summed E-state index contributed by atoms with van der Waals surface area (Å²) in [6, 6.07) is 15.5. The van der Waals surface area contributed by atoms with Gasteiger partial charge in [0.15, 0.2) is 0 Å². The van der Waals surface area contributed by atoms with Crippen LogP contribution >= 0.6 is 0 Å². The quantitative estimate of drug-likeness (QED) is 0.731. The molecule has 0 aromatic heterocycles. The number of halogens is 3. The van der Waals surface area contributed by atoms with Crippen molar-refractivity contribution in [3.63, 3.8) is 0 Å². The first-order chi connectivity index (χ1) is 9.05. The second-order valence-electron chi connectivity index (χ2n) is 4.62. The fourth-order valence-electron chi connectivity index (χ4n) is 2.22. The van der Waals surface area contributed by atoms with Crippen molar-refractivity contribution in [2.24, 2.45) is 0 Å². The summed E-state index contributed by atoms with van der Waals surface area (Å²) in [6.45, 7) is 0.857. The minimum Gasteiger partial charge on any atom is -0.360 e. The van der Waals surface area contributed by atoms with Crippen molar-refractivity contribution in [3.05, 3.63) is 65.7 Å². The van der Waals surface area contributed by atoms with Gasteiger partial charge in [-0.15, -0.1) is 0 Å². The molecule has 0 amide bonds. The Morgan fingerprint density at radius 1 is 0.895 bits per heavy atom. The maximum absolute atomic E-state index is 12.5. The van der Waals surface area contributed by atoms with Gasteiger partial charge < -0.3 is 4.90 Å². The lowest BCUT2D eigenvalue weighted by molar-refractivity contribution is -0.137. The highest BCUT2D eigenvalue weighted by Crippen LogP contribution is 2.40. The van der Waals surface area contributed by atoms with Crippen LogP contribution in [0, 0.1) is 0 Å². The molecule has 1 fully saturated rings. The number of rotatable bonds is 2. The van der Waals surface area contributed by atoms with Crippen LogP contribution in [0.2, 0.25) is 0 Å². The number of anilines is 1. The monoisotopic (exact) mass is 263 g/mol. The van der Waals surface area contributed by atoms with Crippen molar-refractivity contribution in [1.29, 1.82) is 0 Å². The largest absolute Gasteiger partial charge is 0.416 e. The third kappa shape index (κ3) is 2.43. The van der Waals surface area contributed by atoms with Gasteiger partial charge in [-0.3, -0.25) is 0 Å². The summed E-state index contributed by atoms with van der Waals surface area (Å²) in [6.07, 6.45) is -4.26. The minimum absolute atomic E-state index is 0.199. The van der Waals surface area contributed by atoms with E-state index < -0.39 is 11.7 Å². The molecule has 0 bridgehead atoms. The van der Waals surface area contributed by atoms with Crippen molar-refractivity contribution in [3.8, 4) is 0 Å². The topological polar surface area (TPSA) is 3.01 Å². The molecule has 1 aliphatic rings. The Bertz CT molecular complexity index is 560. The van der Waals surface area contributed by atoms with Crippen LogP contribution in [0.25, 0.3) is 0 Å². The average Bonchev–Trinajstić information content (AvgIpc) is 3.19. The minimum atomic E-state index is -4.26. The van der Waals surface area contributed by atoms with E-state index in [0.29, 0.717) is 0 Å². The molecule has 1 nitrogen and oxygen atoms in total. The van der Waals surface area contributed by atoms with Crippen LogP contribution in [-0.4, -0.2) is 6.54 Å². The molecule has 19 heavy (non-hydrogen) atoms. The molecular formula is C15H12F3N. The molecule has 0 N–H and O–H groups in total. The van der Waals surface area contributed by atoms with Crippen molar-refractivity contribution >= 4 is 5.69 Å². The van der Waals surface area contributed by atoms with Crippen molar-refractivity contribution < 1.29 is 13.2 Å². The average molecular weight is 263 g/mol. The predicted molar refractivity (Wildman–Crippen MR) is 68.0 cm³/mol. The van der Waals surface area contributed by atoms with Crippen LogP contribution < -0.4 is 4.90 Å². The Balaban J connectivity index is 1.76. The number of para-hydroxylation sites is 1. The second-order valence-corrected chi connectivity index (χ2v) is 4.62. The van der Waals surface area contributed by atoms with Gasteiger partial charge in [-0.1, -0.05) is 30.3 Å². The van der Waals surface area contributed by atoms with Crippen LogP contribution in [0.5, 0.6) is 0 Å². The fourth-order valence-corrected chi connectivity index (χ4v) is 2.22. The van der Waals surface area contributed by atoms with E-state index in [1.165, 1.54) is 0 Å². The highest BCUT2D eigenvalue weighted by molar-refractivity contribution is 5.56. The number of benzene rings is 2. The summed E-state index contributed by atoms with van der Waals surface area (Å²) in [5.74, 6) is 0. The third-order valence-corrected chi connectivity index (χ3v) is 3.32. The van der Waals surface area contributed by atoms with Crippen molar-refractivity contribution in [2.45, 2.75) is 12.2 Å². The van der Waals surface area contributed by atoms with Crippen LogP contribution in [0.1, 0.15) is 17.2 Å². The maximum atomic E-state index is 12.5. The number of nitrogens with zero attached hydrogens (tertiary/aromatic N) is 1. The van der Waals surface area contributed by atoms with Gasteiger partial charge in [0.2, 0.25) is 0 Å². The Labute approximate surface area is 109 Å². The van der Waals surface area contributed by atoms with E-state index in [0.717, 1.165) is 29.9 Å². The molecule has 1 saturated heterocycles. The Morgan fingerprint density at radius 3 is 2.11 bits per heavy atom. The van der Waals surface area contributed by atoms with Crippen molar-refractivity contribution in [2.75, 3.05) is 11.4 Å². The first-order valence-corrected chi connectivity index (χ1v) is 6.04. The van der Waals surface area contributed by atoms with Crippen LogP contribution in [-0.2, 0) is 6.18 Å². The third-order valence-electron chi connectivity index (χ3n) is 3.32. The highest BCUT2D eigenvalue weighted by atomic mass is 19.4. The zero-order valence-corrected chi connectivity index (χ0v) is 10.1. The SMILES string of the molecule is FC(F)(F)c1ccc(C2CN2c2ccccc2)cc1. The van der Waals surface area contributed by atoms with E-state index in [1.807, 2.05) is 30.3 Å². The highest BCUT2D eigenvalue weighted by Gasteiger charge is 2.36. The van der Waals surface area contributed by atoms with Gasteiger partial charge in [-0.25, -0.2) is 0 Å². The Kier molecular flexibility index (Phi) is 2.73. The lowest BCUT2D eigenvalue weighted by atomic mass is 10.1. The summed E-state index contributed by atoms with van der Waals surface area (Å²) in [5, 5.41) is 0. The van der Waals surface area contributed by atoms with E-state index in [1.54, 1.807) is 12.1 Å². The molecular weight excluding hydrogens is 251 g/mol. The lowest BCUT2D eigenvalue weighted by Gasteiger charge is -2.08. The second kappa shape index (κ2) is 4.30. The standard InChI is InChI=1S/C15H12F3N/c16-15(17,18)12-8-6-11(7-9-12)14-10-19(14)13-4-2-1-3-5-13/h1-9,14H,10H2. The molecule has 1 aliphatic heterocycles. The van der Waals surface area contributed by atoms with Gasteiger partial charge in [0.05, 0.1) is 11.6 Å². The number of hydrogen-bond acceptors (Lipinski definition) is 1. The first kappa shape index (κ1) is 12.1. The maximum Gasteiger partial charge on any atom is 0.416 e. The molecule has 0 saturated carbocycles. The van der Waals surface area contributed by atoms with E-state index in [4.69, 9.17) is 0 Å².